The van der Waals surface area contributed by atoms with Gasteiger partial charge < -0.3 is 9.32 Å². The molecule has 2 aliphatic rings. The predicted molar refractivity (Wildman–Crippen MR) is 104 cm³/mol. The summed E-state index contributed by atoms with van der Waals surface area (Å²) in [6.07, 6.45) is 3.72. The number of oxazole rings is 1. The minimum atomic E-state index is -0.209. The molecule has 2 aromatic heterocycles. The highest BCUT2D eigenvalue weighted by molar-refractivity contribution is 5.72. The monoisotopic (exact) mass is 349 g/mol. The quantitative estimate of drug-likeness (QED) is 0.548. The van der Waals surface area contributed by atoms with Gasteiger partial charge in [-0.25, -0.2) is 0 Å². The average molecular weight is 349 g/mol. The Labute approximate surface area is 154 Å². The molecule has 0 saturated carbocycles. The van der Waals surface area contributed by atoms with Crippen molar-refractivity contribution in [2.45, 2.75) is 65.5 Å². The van der Waals surface area contributed by atoms with E-state index in [1.807, 2.05) is 6.20 Å². The summed E-state index contributed by atoms with van der Waals surface area (Å²) >= 11 is 0. The number of hydrogen-bond acceptors (Lipinski definition) is 3. The number of anilines is 1. The topological polar surface area (TPSA) is 33.7 Å². The summed E-state index contributed by atoms with van der Waals surface area (Å²) in [7, 11) is 0. The Balaban J connectivity index is 1.94. The molecular formula is C22H27N3O. The molecule has 0 saturated heterocycles. The van der Waals surface area contributed by atoms with E-state index in [4.69, 9.17) is 9.40 Å². The van der Waals surface area contributed by atoms with Crippen molar-refractivity contribution in [3.05, 3.63) is 53.2 Å². The van der Waals surface area contributed by atoms with E-state index in [1.165, 1.54) is 22.5 Å². The van der Waals surface area contributed by atoms with Crippen LogP contribution in [0.4, 0.5) is 5.69 Å². The third-order valence-corrected chi connectivity index (χ3v) is 7.96. The van der Waals surface area contributed by atoms with Gasteiger partial charge in [0.25, 0.3) is 0 Å². The maximum absolute atomic E-state index is 5.63. The molecule has 4 nitrogen and oxygen atoms in total. The lowest BCUT2D eigenvalue weighted by atomic mass is 9.52. The van der Waals surface area contributed by atoms with Crippen molar-refractivity contribution in [1.82, 2.24) is 9.38 Å². The van der Waals surface area contributed by atoms with E-state index >= 15 is 0 Å². The Bertz CT molecular complexity index is 1050. The molecule has 4 heterocycles. The second kappa shape index (κ2) is 4.36. The summed E-state index contributed by atoms with van der Waals surface area (Å²) in [6, 6.07) is 6.98. The fraction of sp³-hybridized carbons (Fsp3) is 0.500. The summed E-state index contributed by atoms with van der Waals surface area (Å²) in [5.74, 6) is 0.701. The molecule has 0 aliphatic carbocycles. The molecule has 1 aromatic carbocycles. The van der Waals surface area contributed by atoms with Gasteiger partial charge in [-0.15, -0.1) is 0 Å². The van der Waals surface area contributed by atoms with Gasteiger partial charge in [0.15, 0.2) is 0 Å². The van der Waals surface area contributed by atoms with Gasteiger partial charge >= 0.3 is 5.84 Å². The zero-order valence-corrected chi connectivity index (χ0v) is 16.7. The van der Waals surface area contributed by atoms with Crippen LogP contribution in [0.1, 0.15) is 70.1 Å². The van der Waals surface area contributed by atoms with Crippen molar-refractivity contribution in [1.29, 1.82) is 0 Å². The minimum Gasteiger partial charge on any atom is -0.432 e. The summed E-state index contributed by atoms with van der Waals surface area (Å²) < 4.78 is 7.76. The van der Waals surface area contributed by atoms with Crippen LogP contribution < -0.4 is 4.90 Å². The summed E-state index contributed by atoms with van der Waals surface area (Å²) in [6.45, 7) is 16.5. The van der Waals surface area contributed by atoms with Crippen LogP contribution >= 0.6 is 0 Å². The van der Waals surface area contributed by atoms with Gasteiger partial charge in [-0.2, -0.15) is 4.98 Å². The molecule has 5 rings (SSSR count). The van der Waals surface area contributed by atoms with Crippen molar-refractivity contribution < 1.29 is 4.42 Å². The summed E-state index contributed by atoms with van der Waals surface area (Å²) in [5, 5.41) is 0. The summed E-state index contributed by atoms with van der Waals surface area (Å²) in [5.41, 5.74) is 6.34. The van der Waals surface area contributed by atoms with E-state index in [0.29, 0.717) is 5.84 Å². The predicted octanol–water partition coefficient (Wildman–Crippen LogP) is 5.35. The smallest absolute Gasteiger partial charge is 0.306 e. The van der Waals surface area contributed by atoms with E-state index in [0.717, 1.165) is 5.69 Å². The van der Waals surface area contributed by atoms with Crippen molar-refractivity contribution in [2.24, 2.45) is 5.41 Å². The number of rotatable bonds is 0. The second-order valence-corrected chi connectivity index (χ2v) is 9.24. The van der Waals surface area contributed by atoms with Crippen LogP contribution in [0, 0.1) is 12.3 Å². The Morgan fingerprint density at radius 3 is 2.58 bits per heavy atom. The normalized spacial score (nSPS) is 28.1. The number of imidazole rings is 1. The van der Waals surface area contributed by atoms with Crippen LogP contribution in [0.3, 0.4) is 0 Å². The van der Waals surface area contributed by atoms with E-state index in [-0.39, 0.29) is 22.4 Å². The van der Waals surface area contributed by atoms with Crippen LogP contribution in [0.2, 0.25) is 0 Å². The number of para-hydroxylation sites is 1. The maximum Gasteiger partial charge on any atom is 0.306 e. The van der Waals surface area contributed by atoms with Gasteiger partial charge in [0.05, 0.1) is 23.0 Å². The van der Waals surface area contributed by atoms with Crippen molar-refractivity contribution in [3.8, 4) is 0 Å². The van der Waals surface area contributed by atoms with Crippen molar-refractivity contribution >= 4 is 11.5 Å². The molecule has 2 aliphatic heterocycles. The molecule has 0 fully saturated rings. The van der Waals surface area contributed by atoms with Crippen molar-refractivity contribution in [2.75, 3.05) is 4.90 Å². The molecule has 0 radical (unpaired) electrons. The highest BCUT2D eigenvalue weighted by atomic mass is 16.3. The minimum absolute atomic E-state index is 0.00564. The number of fused-ring (bicyclic) bond motifs is 7. The van der Waals surface area contributed by atoms with E-state index < -0.39 is 0 Å². The number of hydrogen-bond donors (Lipinski definition) is 0. The molecule has 4 heteroatoms. The Morgan fingerprint density at radius 1 is 1.12 bits per heavy atom. The van der Waals surface area contributed by atoms with E-state index in [2.05, 4.69) is 76.0 Å². The summed E-state index contributed by atoms with van der Waals surface area (Å²) in [4.78, 5) is 7.60. The Morgan fingerprint density at radius 2 is 1.85 bits per heavy atom. The number of aromatic nitrogens is 2. The first kappa shape index (κ1) is 16.0. The molecule has 26 heavy (non-hydrogen) atoms. The first-order valence-corrected chi connectivity index (χ1v) is 9.49. The van der Waals surface area contributed by atoms with Gasteiger partial charge in [-0.1, -0.05) is 45.9 Å². The average Bonchev–Trinajstić information content (AvgIpc) is 3.19. The van der Waals surface area contributed by atoms with Crippen LogP contribution in [0.25, 0.3) is 5.84 Å². The lowest BCUT2D eigenvalue weighted by molar-refractivity contribution is 0.0626. The Hall–Kier alpha value is -2.23. The van der Waals surface area contributed by atoms with Gasteiger partial charge in [-0.3, -0.25) is 4.40 Å². The molecule has 0 N–H and O–H groups in total. The first-order chi connectivity index (χ1) is 12.1. The van der Waals surface area contributed by atoms with Gasteiger partial charge in [0.2, 0.25) is 0 Å². The third kappa shape index (κ3) is 1.40. The largest absolute Gasteiger partial charge is 0.432 e. The van der Waals surface area contributed by atoms with Crippen molar-refractivity contribution in [3.63, 3.8) is 0 Å². The van der Waals surface area contributed by atoms with E-state index in [9.17, 15) is 0 Å². The Kier molecular flexibility index (Phi) is 2.68. The molecular weight excluding hydrogens is 322 g/mol. The fourth-order valence-electron chi connectivity index (χ4n) is 5.63. The zero-order chi connectivity index (χ0) is 18.6. The number of benzene rings is 1. The van der Waals surface area contributed by atoms with Gasteiger partial charge in [0, 0.05) is 17.3 Å². The zero-order valence-electron chi connectivity index (χ0n) is 16.7. The number of nitrogens with zero attached hydrogens (tertiary/aromatic N) is 3. The molecule has 0 amide bonds. The highest BCUT2D eigenvalue weighted by Gasteiger charge is 2.65. The highest BCUT2D eigenvalue weighted by Crippen LogP contribution is 2.67. The maximum atomic E-state index is 5.63. The lowest BCUT2D eigenvalue weighted by Gasteiger charge is -2.61. The van der Waals surface area contributed by atoms with Crippen LogP contribution in [0.5, 0.6) is 0 Å². The third-order valence-electron chi connectivity index (χ3n) is 7.96. The van der Waals surface area contributed by atoms with Crippen LogP contribution in [0.15, 0.2) is 35.1 Å². The SMILES string of the molecule is Cc1cccc2c1N1C(C)c3c(nc4occn34)C1(C)C(C)(C)C2(C)C. The standard InChI is InChI=1S/C22H27N3O/c1-13-9-8-10-15-16(13)25-14(2)17-18(23-19-24(17)11-12-26-19)22(25,7)21(5,6)20(15,3)4/h8-12,14H,1-7H3. The van der Waals surface area contributed by atoms with Crippen LogP contribution in [-0.4, -0.2) is 9.38 Å². The van der Waals surface area contributed by atoms with E-state index in [1.54, 1.807) is 6.26 Å². The number of aryl methyl sites for hydroxylation is 1. The lowest BCUT2D eigenvalue weighted by Crippen LogP contribution is -2.62. The molecule has 136 valence electrons. The first-order valence-electron chi connectivity index (χ1n) is 9.49. The van der Waals surface area contributed by atoms with Gasteiger partial charge in [0.1, 0.15) is 6.26 Å². The fourth-order valence-corrected chi connectivity index (χ4v) is 5.63. The second-order valence-electron chi connectivity index (χ2n) is 9.24. The molecule has 0 bridgehead atoms. The molecule has 0 spiro atoms. The van der Waals surface area contributed by atoms with Gasteiger partial charge in [-0.05, 0) is 37.3 Å². The molecule has 3 aromatic rings. The van der Waals surface area contributed by atoms with Crippen LogP contribution in [-0.2, 0) is 11.0 Å². The molecule has 2 atom stereocenters. The molecule has 2 unspecified atom stereocenters.